The van der Waals surface area contributed by atoms with Gasteiger partial charge in [-0.05, 0) is 26.2 Å². The van der Waals surface area contributed by atoms with E-state index in [4.69, 9.17) is 9.47 Å². The van der Waals surface area contributed by atoms with Crippen molar-refractivity contribution in [1.29, 1.82) is 0 Å². The predicted molar refractivity (Wildman–Crippen MR) is 71.9 cm³/mol. The Hall–Kier alpha value is -0.810. The van der Waals surface area contributed by atoms with Gasteiger partial charge in [-0.2, -0.15) is 0 Å². The highest BCUT2D eigenvalue weighted by Crippen LogP contribution is 2.18. The van der Waals surface area contributed by atoms with Gasteiger partial charge < -0.3 is 19.7 Å². The number of ether oxygens (including phenoxy) is 2. The third kappa shape index (κ3) is 3.59. The molecule has 0 radical (unpaired) electrons. The highest BCUT2D eigenvalue weighted by molar-refractivity contribution is 5.80. The van der Waals surface area contributed by atoms with Crippen LogP contribution in [0, 0.1) is 0 Å². The van der Waals surface area contributed by atoms with Crippen LogP contribution in [0.25, 0.3) is 0 Å². The Labute approximate surface area is 110 Å². The van der Waals surface area contributed by atoms with Crippen molar-refractivity contribution >= 4 is 5.96 Å². The van der Waals surface area contributed by atoms with Crippen LogP contribution in [0.1, 0.15) is 26.2 Å². The minimum Gasteiger partial charge on any atom is -0.382 e. The maximum absolute atomic E-state index is 5.67. The number of hydrogen-bond donors (Lipinski definition) is 1. The summed E-state index contributed by atoms with van der Waals surface area (Å²) in [6, 6.07) is 0.624. The molecular weight excluding hydrogens is 230 g/mol. The summed E-state index contributed by atoms with van der Waals surface area (Å²) in [7, 11) is 1.72. The van der Waals surface area contributed by atoms with Gasteiger partial charge in [0.25, 0.3) is 0 Å². The second kappa shape index (κ2) is 6.95. The number of rotatable bonds is 4. The molecule has 0 aromatic heterocycles. The number of hydrogen-bond acceptors (Lipinski definition) is 3. The van der Waals surface area contributed by atoms with Gasteiger partial charge in [-0.3, -0.25) is 4.99 Å². The van der Waals surface area contributed by atoms with Gasteiger partial charge in [0.15, 0.2) is 5.96 Å². The van der Waals surface area contributed by atoms with Gasteiger partial charge in [-0.1, -0.05) is 0 Å². The van der Waals surface area contributed by atoms with Crippen LogP contribution in [0.3, 0.4) is 0 Å². The fraction of sp³-hybridized carbons (Fsp3) is 0.923. The van der Waals surface area contributed by atoms with E-state index in [9.17, 15) is 0 Å². The van der Waals surface area contributed by atoms with Crippen molar-refractivity contribution in [3.05, 3.63) is 0 Å². The monoisotopic (exact) mass is 255 g/mol. The van der Waals surface area contributed by atoms with Crippen molar-refractivity contribution in [2.45, 2.75) is 38.3 Å². The Morgan fingerprint density at radius 2 is 2.33 bits per heavy atom. The topological polar surface area (TPSA) is 46.1 Å². The molecule has 1 N–H and O–H groups in total. The van der Waals surface area contributed by atoms with Crippen molar-refractivity contribution in [3.8, 4) is 0 Å². The van der Waals surface area contributed by atoms with Crippen LogP contribution in [0.4, 0.5) is 0 Å². The Bertz CT molecular complexity index is 277. The number of aliphatic imine (C=N–C) groups is 1. The lowest BCUT2D eigenvalue weighted by molar-refractivity contribution is -0.0449. The fourth-order valence-corrected chi connectivity index (χ4v) is 2.32. The van der Waals surface area contributed by atoms with E-state index in [1.54, 1.807) is 7.11 Å². The third-order valence-corrected chi connectivity index (χ3v) is 3.54. The molecule has 5 heteroatoms. The molecular formula is C13H25N3O2. The van der Waals surface area contributed by atoms with Crippen molar-refractivity contribution in [2.75, 3.05) is 40.0 Å². The molecule has 5 nitrogen and oxygen atoms in total. The number of morpholine rings is 1. The second-order valence-electron chi connectivity index (χ2n) is 4.96. The predicted octanol–water partition coefficient (Wildman–Crippen LogP) is 0.852. The van der Waals surface area contributed by atoms with Crippen LogP contribution in [-0.2, 0) is 9.47 Å². The van der Waals surface area contributed by atoms with Gasteiger partial charge in [0.2, 0.25) is 0 Å². The lowest BCUT2D eigenvalue weighted by atomic mass is 9.93. The van der Waals surface area contributed by atoms with Crippen molar-refractivity contribution in [2.24, 2.45) is 4.99 Å². The van der Waals surface area contributed by atoms with Crippen LogP contribution in [0.2, 0.25) is 0 Å². The number of guanidine groups is 1. The molecule has 1 heterocycles. The van der Waals surface area contributed by atoms with E-state index in [-0.39, 0.29) is 6.10 Å². The molecule has 2 aliphatic rings. The van der Waals surface area contributed by atoms with Crippen LogP contribution in [0.5, 0.6) is 0 Å². The summed E-state index contributed by atoms with van der Waals surface area (Å²) in [6.07, 6.45) is 4.05. The van der Waals surface area contributed by atoms with E-state index in [1.807, 2.05) is 0 Å². The van der Waals surface area contributed by atoms with E-state index in [0.29, 0.717) is 12.6 Å². The van der Waals surface area contributed by atoms with Gasteiger partial charge in [0.1, 0.15) is 0 Å². The fourth-order valence-electron chi connectivity index (χ4n) is 2.32. The number of nitrogens with one attached hydrogen (secondary N) is 1. The molecule has 1 saturated carbocycles. The first-order chi connectivity index (χ1) is 8.83. The first-order valence-electron chi connectivity index (χ1n) is 7.00. The number of methoxy groups -OCH3 is 1. The molecule has 0 aromatic rings. The molecule has 1 aliphatic heterocycles. The smallest absolute Gasteiger partial charge is 0.194 e. The van der Waals surface area contributed by atoms with Gasteiger partial charge in [0.05, 0.1) is 19.3 Å². The van der Waals surface area contributed by atoms with Crippen molar-refractivity contribution in [1.82, 2.24) is 10.2 Å². The maximum Gasteiger partial charge on any atom is 0.194 e. The Kier molecular flexibility index (Phi) is 5.26. The molecule has 1 unspecified atom stereocenters. The summed E-state index contributed by atoms with van der Waals surface area (Å²) in [6.45, 7) is 6.09. The molecule has 0 bridgehead atoms. The van der Waals surface area contributed by atoms with E-state index >= 15 is 0 Å². The molecule has 104 valence electrons. The largest absolute Gasteiger partial charge is 0.382 e. The first kappa shape index (κ1) is 13.6. The maximum atomic E-state index is 5.67. The Balaban J connectivity index is 1.89. The van der Waals surface area contributed by atoms with Crippen molar-refractivity contribution < 1.29 is 9.47 Å². The van der Waals surface area contributed by atoms with E-state index in [2.05, 4.69) is 22.1 Å². The lowest BCUT2D eigenvalue weighted by Gasteiger charge is -2.38. The summed E-state index contributed by atoms with van der Waals surface area (Å²) in [4.78, 5) is 6.90. The zero-order chi connectivity index (χ0) is 12.8. The molecule has 0 spiro atoms. The third-order valence-electron chi connectivity index (χ3n) is 3.54. The van der Waals surface area contributed by atoms with Crippen LogP contribution in [-0.4, -0.2) is 63.0 Å². The van der Waals surface area contributed by atoms with E-state index < -0.39 is 0 Å². The van der Waals surface area contributed by atoms with Crippen LogP contribution < -0.4 is 5.32 Å². The minimum atomic E-state index is 0.161. The summed E-state index contributed by atoms with van der Waals surface area (Å²) in [5.41, 5.74) is 0. The first-order valence-corrected chi connectivity index (χ1v) is 7.00. The van der Waals surface area contributed by atoms with E-state index in [1.165, 1.54) is 19.3 Å². The van der Waals surface area contributed by atoms with Gasteiger partial charge in [-0.15, -0.1) is 0 Å². The highest BCUT2D eigenvalue weighted by Gasteiger charge is 2.26. The van der Waals surface area contributed by atoms with Gasteiger partial charge in [0, 0.05) is 32.8 Å². The molecule has 2 rings (SSSR count). The Morgan fingerprint density at radius 3 is 2.94 bits per heavy atom. The summed E-state index contributed by atoms with van der Waals surface area (Å²) in [5, 5.41) is 3.57. The second-order valence-corrected chi connectivity index (χ2v) is 4.96. The minimum absolute atomic E-state index is 0.161. The summed E-state index contributed by atoms with van der Waals surface area (Å²) in [5.74, 6) is 1.05. The molecule has 2 fully saturated rings. The molecule has 0 amide bonds. The summed E-state index contributed by atoms with van der Waals surface area (Å²) >= 11 is 0. The quantitative estimate of drug-likeness (QED) is 0.597. The molecule has 1 aliphatic carbocycles. The van der Waals surface area contributed by atoms with Crippen LogP contribution >= 0.6 is 0 Å². The lowest BCUT2D eigenvalue weighted by Crippen LogP contribution is -2.54. The molecule has 1 atom stereocenters. The Morgan fingerprint density at radius 1 is 1.50 bits per heavy atom. The van der Waals surface area contributed by atoms with E-state index in [0.717, 1.165) is 32.2 Å². The average Bonchev–Trinajstić information content (AvgIpc) is 2.33. The highest BCUT2D eigenvalue weighted by atomic mass is 16.5. The standard InChI is InChI=1S/C13H25N3O2/c1-3-14-13(15-11-5-4-6-11)16-7-8-18-12(9-16)10-17-2/h11-12H,3-10H2,1-2H3,(H,14,15). The molecule has 1 saturated heterocycles. The zero-order valence-electron chi connectivity index (χ0n) is 11.5. The molecule has 0 aromatic carbocycles. The van der Waals surface area contributed by atoms with Crippen molar-refractivity contribution in [3.63, 3.8) is 0 Å². The van der Waals surface area contributed by atoms with Gasteiger partial charge in [-0.25, -0.2) is 0 Å². The van der Waals surface area contributed by atoms with Gasteiger partial charge >= 0.3 is 0 Å². The normalized spacial score (nSPS) is 26.0. The summed E-state index contributed by atoms with van der Waals surface area (Å²) < 4.78 is 10.8. The average molecular weight is 255 g/mol. The SMILES string of the molecule is CCN=C(NC1CCC1)N1CCOC(COC)C1. The zero-order valence-corrected chi connectivity index (χ0v) is 11.5. The van der Waals surface area contributed by atoms with Crippen LogP contribution in [0.15, 0.2) is 4.99 Å². The molecule has 18 heavy (non-hydrogen) atoms. The number of nitrogens with zero attached hydrogens (tertiary/aromatic N) is 2.